The Morgan fingerprint density at radius 3 is 2.39 bits per heavy atom. The summed E-state index contributed by atoms with van der Waals surface area (Å²) in [5, 5.41) is 2.61. The Hall–Kier alpha value is -2.26. The first-order valence-electron chi connectivity index (χ1n) is 10.7. The van der Waals surface area contributed by atoms with Crippen LogP contribution in [0, 0.1) is 0 Å². The molecule has 33 heavy (non-hydrogen) atoms. The molecular formula is C23H26ClF3N2O3S. The number of halogens is 4. The van der Waals surface area contributed by atoms with E-state index in [1.807, 2.05) is 13.0 Å². The molecule has 0 heterocycles. The number of benzene rings is 2. The number of carbonyl (C=O) groups is 1. The fourth-order valence-electron chi connectivity index (χ4n) is 4.02. The third-order valence-corrected chi connectivity index (χ3v) is 7.19. The van der Waals surface area contributed by atoms with Crippen molar-refractivity contribution in [1.82, 2.24) is 5.32 Å². The van der Waals surface area contributed by atoms with Crippen LogP contribution in [0.3, 0.4) is 0 Å². The highest BCUT2D eigenvalue weighted by molar-refractivity contribution is 7.92. The summed E-state index contributed by atoms with van der Waals surface area (Å²) in [7, 11) is -4.10. The van der Waals surface area contributed by atoms with Crippen molar-refractivity contribution in [1.29, 1.82) is 0 Å². The first kappa shape index (κ1) is 25.4. The van der Waals surface area contributed by atoms with E-state index in [9.17, 15) is 26.4 Å². The number of sulfonamides is 1. The number of hydrogen-bond donors (Lipinski definition) is 1. The predicted octanol–water partition coefficient (Wildman–Crippen LogP) is 5.27. The second-order valence-corrected chi connectivity index (χ2v) is 10.5. The zero-order valence-corrected chi connectivity index (χ0v) is 19.9. The molecule has 2 aromatic rings. The van der Waals surface area contributed by atoms with Crippen molar-refractivity contribution in [3.05, 3.63) is 63.7 Å². The summed E-state index contributed by atoms with van der Waals surface area (Å²) < 4.78 is 64.8. The van der Waals surface area contributed by atoms with Gasteiger partial charge in [0.1, 0.15) is 6.54 Å². The molecule has 1 unspecified atom stereocenters. The van der Waals surface area contributed by atoms with E-state index in [0.717, 1.165) is 49.6 Å². The van der Waals surface area contributed by atoms with Crippen LogP contribution in [0.2, 0.25) is 5.02 Å². The van der Waals surface area contributed by atoms with Gasteiger partial charge in [0.2, 0.25) is 15.9 Å². The van der Waals surface area contributed by atoms with E-state index < -0.39 is 39.9 Å². The Kier molecular flexibility index (Phi) is 7.63. The lowest BCUT2D eigenvalue weighted by molar-refractivity contribution is -0.137. The number of rotatable bonds is 7. The number of alkyl halides is 3. The van der Waals surface area contributed by atoms with E-state index in [-0.39, 0.29) is 11.1 Å². The smallest absolute Gasteiger partial charge is 0.348 e. The average molecular weight is 503 g/mol. The number of aryl methyl sites for hydroxylation is 2. The number of nitrogens with one attached hydrogen (secondary N) is 1. The Balaban J connectivity index is 1.84. The van der Waals surface area contributed by atoms with Crippen molar-refractivity contribution in [2.24, 2.45) is 0 Å². The third kappa shape index (κ3) is 6.20. The van der Waals surface area contributed by atoms with Gasteiger partial charge >= 0.3 is 6.18 Å². The van der Waals surface area contributed by atoms with Crippen LogP contribution in [0.1, 0.15) is 54.5 Å². The number of fused-ring (bicyclic) bond motifs is 1. The molecular weight excluding hydrogens is 477 g/mol. The van der Waals surface area contributed by atoms with Crippen molar-refractivity contribution in [3.8, 4) is 0 Å². The number of nitrogens with zero attached hydrogens (tertiary/aromatic N) is 1. The fourth-order valence-corrected chi connectivity index (χ4v) is 5.15. The quantitative estimate of drug-likeness (QED) is 0.561. The van der Waals surface area contributed by atoms with Crippen molar-refractivity contribution in [2.45, 2.75) is 51.2 Å². The monoisotopic (exact) mass is 502 g/mol. The highest BCUT2D eigenvalue weighted by Crippen LogP contribution is 2.36. The Bertz CT molecular complexity index is 1140. The third-order valence-electron chi connectivity index (χ3n) is 5.75. The predicted molar refractivity (Wildman–Crippen MR) is 123 cm³/mol. The summed E-state index contributed by atoms with van der Waals surface area (Å²) >= 11 is 6.02. The SMILES string of the molecule is CCC(NC(=O)CN(c1cc(C(F)(F)F)ccc1Cl)S(C)(=O)=O)c1ccc2c(c1)CCCC2. The average Bonchev–Trinajstić information content (AvgIpc) is 2.74. The number of hydrogen-bond acceptors (Lipinski definition) is 3. The highest BCUT2D eigenvalue weighted by Gasteiger charge is 2.33. The van der Waals surface area contributed by atoms with Gasteiger partial charge in [-0.1, -0.05) is 36.7 Å². The molecule has 5 nitrogen and oxygen atoms in total. The first-order valence-corrected chi connectivity index (χ1v) is 12.9. The number of amides is 1. The zero-order valence-electron chi connectivity index (χ0n) is 18.4. The van der Waals surface area contributed by atoms with Crippen LogP contribution in [0.5, 0.6) is 0 Å². The van der Waals surface area contributed by atoms with Gasteiger partial charge in [0.15, 0.2) is 0 Å². The summed E-state index contributed by atoms with van der Waals surface area (Å²) in [6.45, 7) is 1.20. The molecule has 2 aromatic carbocycles. The summed E-state index contributed by atoms with van der Waals surface area (Å²) in [6, 6.07) is 8.09. The van der Waals surface area contributed by atoms with Gasteiger partial charge in [-0.3, -0.25) is 9.10 Å². The molecule has 0 bridgehead atoms. The van der Waals surface area contributed by atoms with Gasteiger partial charge in [0, 0.05) is 0 Å². The molecule has 1 aliphatic carbocycles. The molecule has 0 saturated carbocycles. The van der Waals surface area contributed by atoms with Crippen LogP contribution < -0.4 is 9.62 Å². The number of anilines is 1. The lowest BCUT2D eigenvalue weighted by atomic mass is 9.89. The fraction of sp³-hybridized carbons (Fsp3) is 0.435. The van der Waals surface area contributed by atoms with Gasteiger partial charge in [-0.25, -0.2) is 8.42 Å². The molecule has 0 saturated heterocycles. The summed E-state index contributed by atoms with van der Waals surface area (Å²) in [4.78, 5) is 12.8. The molecule has 0 aromatic heterocycles. The maximum atomic E-state index is 13.2. The lowest BCUT2D eigenvalue weighted by Gasteiger charge is -2.26. The first-order chi connectivity index (χ1) is 15.4. The van der Waals surface area contributed by atoms with Crippen LogP contribution in [0.25, 0.3) is 0 Å². The zero-order chi connectivity index (χ0) is 24.4. The van der Waals surface area contributed by atoms with Crippen molar-refractivity contribution < 1.29 is 26.4 Å². The normalized spacial score (nSPS) is 15.0. The molecule has 3 rings (SSSR count). The molecule has 0 radical (unpaired) electrons. The molecule has 1 atom stereocenters. The van der Waals surface area contributed by atoms with Crippen LogP contribution in [-0.2, 0) is 33.8 Å². The van der Waals surface area contributed by atoms with E-state index in [2.05, 4.69) is 17.4 Å². The van der Waals surface area contributed by atoms with E-state index in [4.69, 9.17) is 11.6 Å². The van der Waals surface area contributed by atoms with Gasteiger partial charge < -0.3 is 5.32 Å². The largest absolute Gasteiger partial charge is 0.416 e. The Morgan fingerprint density at radius 1 is 1.12 bits per heavy atom. The minimum Gasteiger partial charge on any atom is -0.348 e. The Labute approximate surface area is 197 Å². The lowest BCUT2D eigenvalue weighted by Crippen LogP contribution is -2.41. The molecule has 0 aliphatic heterocycles. The van der Waals surface area contributed by atoms with Crippen LogP contribution >= 0.6 is 11.6 Å². The van der Waals surface area contributed by atoms with Crippen LogP contribution in [0.4, 0.5) is 18.9 Å². The topological polar surface area (TPSA) is 66.5 Å². The summed E-state index contributed by atoms with van der Waals surface area (Å²) in [5.74, 6) is -0.640. The minimum atomic E-state index is -4.69. The molecule has 10 heteroatoms. The standard InChI is InChI=1S/C23H26ClF3N2O3S/c1-3-20(17-9-8-15-6-4-5-7-16(15)12-17)28-22(30)14-29(33(2,31)32)21-13-18(23(25,26)27)10-11-19(21)24/h8-13,20H,3-7,14H2,1-2H3,(H,28,30). The van der Waals surface area contributed by atoms with Crippen LogP contribution in [0.15, 0.2) is 36.4 Å². The molecule has 1 amide bonds. The van der Waals surface area contributed by atoms with Gasteiger partial charge in [0.25, 0.3) is 0 Å². The highest BCUT2D eigenvalue weighted by atomic mass is 35.5. The van der Waals surface area contributed by atoms with Crippen LogP contribution in [-0.4, -0.2) is 27.1 Å². The summed E-state index contributed by atoms with van der Waals surface area (Å²) in [5.41, 5.74) is 2.01. The molecule has 1 N–H and O–H groups in total. The maximum absolute atomic E-state index is 13.2. The van der Waals surface area contributed by atoms with Gasteiger partial charge in [-0.2, -0.15) is 13.2 Å². The van der Waals surface area contributed by atoms with Gasteiger partial charge in [0.05, 0.1) is 28.6 Å². The van der Waals surface area contributed by atoms with Crippen molar-refractivity contribution in [2.75, 3.05) is 17.1 Å². The molecule has 0 spiro atoms. The van der Waals surface area contributed by atoms with E-state index in [1.54, 1.807) is 0 Å². The number of carbonyl (C=O) groups excluding carboxylic acids is 1. The van der Waals surface area contributed by atoms with E-state index in [0.29, 0.717) is 16.8 Å². The van der Waals surface area contributed by atoms with Gasteiger partial charge in [-0.05, 0) is 67.0 Å². The van der Waals surface area contributed by atoms with E-state index in [1.165, 1.54) is 11.1 Å². The van der Waals surface area contributed by atoms with Crippen molar-refractivity contribution >= 4 is 33.2 Å². The molecule has 0 fully saturated rings. The second kappa shape index (κ2) is 9.93. The molecule has 1 aliphatic rings. The Morgan fingerprint density at radius 2 is 1.79 bits per heavy atom. The van der Waals surface area contributed by atoms with Gasteiger partial charge in [-0.15, -0.1) is 0 Å². The molecule has 180 valence electrons. The van der Waals surface area contributed by atoms with Crippen molar-refractivity contribution in [3.63, 3.8) is 0 Å². The summed E-state index contributed by atoms with van der Waals surface area (Å²) in [6.07, 6.45) is 0.958. The second-order valence-electron chi connectivity index (χ2n) is 8.20. The van der Waals surface area contributed by atoms with E-state index >= 15 is 0 Å². The minimum absolute atomic E-state index is 0.206. The maximum Gasteiger partial charge on any atom is 0.416 e.